The van der Waals surface area contributed by atoms with E-state index in [1.165, 1.54) is 18.2 Å². The fourth-order valence-corrected chi connectivity index (χ4v) is 3.81. The predicted molar refractivity (Wildman–Crippen MR) is 87.8 cm³/mol. The highest BCUT2D eigenvalue weighted by Gasteiger charge is 2.32. The fraction of sp³-hybridized carbons (Fsp3) is 0.500. The van der Waals surface area contributed by atoms with E-state index in [9.17, 15) is 18.0 Å². The zero-order valence-electron chi connectivity index (χ0n) is 14.0. The van der Waals surface area contributed by atoms with Crippen LogP contribution in [-0.2, 0) is 30.8 Å². The number of carbonyl (C=O) groups excluding carboxylic acids is 1. The first-order valence-corrected chi connectivity index (χ1v) is 9.48. The van der Waals surface area contributed by atoms with Crippen LogP contribution in [0.4, 0.5) is 0 Å². The molecule has 0 aromatic heterocycles. The van der Waals surface area contributed by atoms with Crippen LogP contribution in [0.2, 0.25) is 0 Å². The number of fused-ring (bicyclic) bond motifs is 1. The summed E-state index contributed by atoms with van der Waals surface area (Å²) < 4.78 is 37.4. The van der Waals surface area contributed by atoms with Gasteiger partial charge in [0.2, 0.25) is 10.0 Å². The lowest BCUT2D eigenvalue weighted by atomic mass is 10.1. The van der Waals surface area contributed by atoms with Crippen molar-refractivity contribution in [2.75, 3.05) is 6.61 Å². The van der Waals surface area contributed by atoms with E-state index in [1.807, 2.05) is 0 Å². The second-order valence-electron chi connectivity index (χ2n) is 5.63. The third-order valence-corrected chi connectivity index (χ3v) is 5.21. The van der Waals surface area contributed by atoms with E-state index in [4.69, 9.17) is 14.6 Å². The van der Waals surface area contributed by atoms with E-state index < -0.39 is 34.1 Å². The molecule has 2 rings (SSSR count). The number of hydrogen-bond donors (Lipinski definition) is 2. The molecule has 1 heterocycles. The zero-order chi connectivity index (χ0) is 18.6. The Morgan fingerprint density at radius 1 is 1.40 bits per heavy atom. The van der Waals surface area contributed by atoms with Gasteiger partial charge < -0.3 is 14.6 Å². The summed E-state index contributed by atoms with van der Waals surface area (Å²) in [6.07, 6.45) is 0.119. The number of esters is 1. The van der Waals surface area contributed by atoms with Crippen molar-refractivity contribution in [3.63, 3.8) is 0 Å². The lowest BCUT2D eigenvalue weighted by Gasteiger charge is -2.14. The number of carboxylic acid groups (broad SMARTS) is 1. The molecular weight excluding hydrogens is 350 g/mol. The van der Waals surface area contributed by atoms with Crippen molar-refractivity contribution < 1.29 is 32.6 Å². The minimum absolute atomic E-state index is 0.0679. The number of ether oxygens (including phenoxy) is 2. The van der Waals surface area contributed by atoms with Gasteiger partial charge in [-0.05, 0) is 37.1 Å². The number of aliphatic carboxylic acids is 1. The minimum Gasteiger partial charge on any atom is -0.480 e. The molecule has 9 heteroatoms. The molecule has 0 bridgehead atoms. The Bertz CT molecular complexity index is 760. The van der Waals surface area contributed by atoms with Crippen LogP contribution in [0.3, 0.4) is 0 Å². The molecule has 0 spiro atoms. The van der Waals surface area contributed by atoms with E-state index >= 15 is 0 Å². The van der Waals surface area contributed by atoms with Crippen molar-refractivity contribution in [3.05, 3.63) is 23.8 Å². The van der Waals surface area contributed by atoms with Gasteiger partial charge in [-0.15, -0.1) is 0 Å². The summed E-state index contributed by atoms with van der Waals surface area (Å²) in [6.45, 7) is 3.69. The van der Waals surface area contributed by atoms with Gasteiger partial charge in [0.25, 0.3) is 0 Å². The van der Waals surface area contributed by atoms with Crippen molar-refractivity contribution in [1.82, 2.24) is 4.72 Å². The van der Waals surface area contributed by atoms with Crippen LogP contribution in [0.5, 0.6) is 5.75 Å². The summed E-state index contributed by atoms with van der Waals surface area (Å²) in [5.41, 5.74) is 0.559. The van der Waals surface area contributed by atoms with E-state index in [1.54, 1.807) is 13.8 Å². The van der Waals surface area contributed by atoms with Gasteiger partial charge in [0.1, 0.15) is 11.8 Å². The maximum Gasteiger partial charge on any atom is 0.347 e. The number of hydrogen-bond acceptors (Lipinski definition) is 6. The Morgan fingerprint density at radius 3 is 2.72 bits per heavy atom. The summed E-state index contributed by atoms with van der Waals surface area (Å²) in [7, 11) is -4.00. The van der Waals surface area contributed by atoms with Gasteiger partial charge in [0.15, 0.2) is 6.10 Å². The van der Waals surface area contributed by atoms with Crippen molar-refractivity contribution >= 4 is 22.0 Å². The zero-order valence-corrected chi connectivity index (χ0v) is 14.8. The van der Waals surface area contributed by atoms with Gasteiger partial charge in [-0.2, -0.15) is 4.72 Å². The Labute approximate surface area is 146 Å². The number of nitrogens with one attached hydrogen (secondary N) is 1. The number of benzene rings is 1. The number of sulfonamides is 1. The molecule has 0 saturated carbocycles. The summed E-state index contributed by atoms with van der Waals surface area (Å²) >= 11 is 0. The van der Waals surface area contributed by atoms with Crippen LogP contribution in [0.15, 0.2) is 23.1 Å². The first kappa shape index (κ1) is 19.2. The highest BCUT2D eigenvalue weighted by atomic mass is 32.2. The molecule has 0 fully saturated rings. The second kappa shape index (κ2) is 7.83. The molecule has 138 valence electrons. The summed E-state index contributed by atoms with van der Waals surface area (Å²) in [5, 5.41) is 9.12. The third kappa shape index (κ3) is 4.49. The lowest BCUT2D eigenvalue weighted by Crippen LogP contribution is -2.40. The molecule has 1 aromatic rings. The average Bonchev–Trinajstić information content (AvgIpc) is 2.97. The first-order valence-electron chi connectivity index (χ1n) is 7.99. The molecule has 1 aliphatic rings. The van der Waals surface area contributed by atoms with E-state index in [2.05, 4.69) is 4.72 Å². The van der Waals surface area contributed by atoms with Crippen LogP contribution in [-0.4, -0.2) is 44.2 Å². The highest BCUT2D eigenvalue weighted by molar-refractivity contribution is 7.89. The smallest absolute Gasteiger partial charge is 0.347 e. The average molecular weight is 371 g/mol. The molecule has 8 nitrogen and oxygen atoms in total. The van der Waals surface area contributed by atoms with Gasteiger partial charge >= 0.3 is 11.9 Å². The molecule has 1 aliphatic heterocycles. The van der Waals surface area contributed by atoms with E-state index in [0.29, 0.717) is 17.7 Å². The topological polar surface area (TPSA) is 119 Å². The van der Waals surface area contributed by atoms with Crippen LogP contribution in [0.25, 0.3) is 0 Å². The van der Waals surface area contributed by atoms with Crippen molar-refractivity contribution in [3.8, 4) is 5.75 Å². The molecule has 25 heavy (non-hydrogen) atoms. The molecule has 1 aromatic carbocycles. The van der Waals surface area contributed by atoms with Gasteiger partial charge in [-0.25, -0.2) is 13.2 Å². The van der Waals surface area contributed by atoms with Crippen molar-refractivity contribution in [1.29, 1.82) is 0 Å². The van der Waals surface area contributed by atoms with Gasteiger partial charge in [-0.1, -0.05) is 13.3 Å². The Hall–Kier alpha value is -2.13. The molecule has 2 N–H and O–H groups in total. The first-order chi connectivity index (χ1) is 11.8. The van der Waals surface area contributed by atoms with E-state index in [0.717, 1.165) is 0 Å². The molecular formula is C16H21NO7S. The fourth-order valence-electron chi connectivity index (χ4n) is 2.54. The standard InChI is InChI=1S/C16H21NO7S/c1-3-5-12(15(18)19)17-25(21,22)11-6-7-13-10(8-11)9-14(24-13)16(20)23-4-2/h6-8,12,14,17H,3-5,9H2,1-2H3,(H,18,19). The Morgan fingerprint density at radius 2 is 2.12 bits per heavy atom. The minimum atomic E-state index is -4.00. The van der Waals surface area contributed by atoms with Gasteiger partial charge in [0.05, 0.1) is 11.5 Å². The summed E-state index contributed by atoms with van der Waals surface area (Å²) in [5.74, 6) is -1.31. The SMILES string of the molecule is CCCC(NS(=O)(=O)c1ccc2c(c1)CC(C(=O)OCC)O2)C(=O)O. The van der Waals surface area contributed by atoms with Crippen LogP contribution >= 0.6 is 0 Å². The van der Waals surface area contributed by atoms with Crippen LogP contribution in [0, 0.1) is 0 Å². The van der Waals surface area contributed by atoms with E-state index in [-0.39, 0.29) is 24.3 Å². The summed E-state index contributed by atoms with van der Waals surface area (Å²) in [4.78, 5) is 22.8. The summed E-state index contributed by atoms with van der Waals surface area (Å²) in [6, 6.07) is 2.98. The molecule has 0 amide bonds. The largest absolute Gasteiger partial charge is 0.480 e. The van der Waals surface area contributed by atoms with Crippen molar-refractivity contribution in [2.24, 2.45) is 0 Å². The monoisotopic (exact) mass is 371 g/mol. The number of rotatable bonds is 8. The molecule has 0 aliphatic carbocycles. The predicted octanol–water partition coefficient (Wildman–Crippen LogP) is 1.08. The second-order valence-corrected chi connectivity index (χ2v) is 7.35. The third-order valence-electron chi connectivity index (χ3n) is 3.74. The maximum absolute atomic E-state index is 12.4. The number of carboxylic acids is 1. The number of carbonyl (C=O) groups is 2. The van der Waals surface area contributed by atoms with Gasteiger partial charge in [-0.3, -0.25) is 4.79 Å². The normalized spacial score (nSPS) is 17.4. The Kier molecular flexibility index (Phi) is 6.02. The lowest BCUT2D eigenvalue weighted by molar-refractivity contribution is -0.150. The Balaban J connectivity index is 2.19. The quantitative estimate of drug-likeness (QED) is 0.656. The highest BCUT2D eigenvalue weighted by Crippen LogP contribution is 2.31. The van der Waals surface area contributed by atoms with Crippen molar-refractivity contribution in [2.45, 2.75) is 50.2 Å². The van der Waals surface area contributed by atoms with Gasteiger partial charge in [0, 0.05) is 6.42 Å². The van der Waals surface area contributed by atoms with Crippen LogP contribution < -0.4 is 9.46 Å². The maximum atomic E-state index is 12.4. The molecule has 0 radical (unpaired) electrons. The molecule has 0 saturated heterocycles. The molecule has 2 unspecified atom stereocenters. The molecule has 2 atom stereocenters. The van der Waals surface area contributed by atoms with Crippen LogP contribution in [0.1, 0.15) is 32.3 Å².